The molecular formula is C11H24N6O2S. The van der Waals surface area contributed by atoms with Crippen LogP contribution >= 0.6 is 0 Å². The van der Waals surface area contributed by atoms with Crippen molar-refractivity contribution in [1.82, 2.24) is 29.1 Å². The molecule has 0 radical (unpaired) electrons. The molecule has 0 bridgehead atoms. The van der Waals surface area contributed by atoms with Gasteiger partial charge < -0.3 is 9.88 Å². The average molecular weight is 304 g/mol. The highest BCUT2D eigenvalue weighted by Gasteiger charge is 2.22. The Morgan fingerprint density at radius 1 is 1.50 bits per heavy atom. The lowest BCUT2D eigenvalue weighted by atomic mass is 10.3. The molecule has 0 aliphatic heterocycles. The summed E-state index contributed by atoms with van der Waals surface area (Å²) in [6, 6.07) is -0.427. The Hall–Kier alpha value is -1.03. The van der Waals surface area contributed by atoms with Crippen LogP contribution < -0.4 is 10.0 Å². The van der Waals surface area contributed by atoms with Crippen molar-refractivity contribution in [2.24, 2.45) is 7.05 Å². The highest BCUT2D eigenvalue weighted by atomic mass is 32.2. The molecule has 0 aliphatic rings. The topological polar surface area (TPSA) is 92.2 Å². The molecule has 0 saturated carbocycles. The fourth-order valence-corrected chi connectivity index (χ4v) is 2.88. The van der Waals surface area contributed by atoms with Crippen LogP contribution in [0, 0.1) is 0 Å². The summed E-state index contributed by atoms with van der Waals surface area (Å²) in [7, 11) is -0.170. The fourth-order valence-electron chi connectivity index (χ4n) is 1.77. The first-order chi connectivity index (χ1) is 9.38. The van der Waals surface area contributed by atoms with Gasteiger partial charge in [0, 0.05) is 20.6 Å². The van der Waals surface area contributed by atoms with Crippen LogP contribution in [0.5, 0.6) is 0 Å². The number of nitrogens with zero attached hydrogens (tertiary/aromatic N) is 4. The van der Waals surface area contributed by atoms with Crippen LogP contribution in [0.1, 0.15) is 32.1 Å². The van der Waals surface area contributed by atoms with E-state index >= 15 is 0 Å². The lowest BCUT2D eigenvalue weighted by Crippen LogP contribution is -2.41. The smallest absolute Gasteiger partial charge is 0.279 e. The Labute approximate surface area is 120 Å². The molecule has 1 aromatic heterocycles. The van der Waals surface area contributed by atoms with Crippen LogP contribution in [0.4, 0.5) is 0 Å². The van der Waals surface area contributed by atoms with Crippen molar-refractivity contribution < 1.29 is 8.42 Å². The van der Waals surface area contributed by atoms with Crippen molar-refractivity contribution in [3.63, 3.8) is 0 Å². The molecule has 2 N–H and O–H groups in total. The first-order valence-electron chi connectivity index (χ1n) is 6.66. The molecular weight excluding hydrogens is 280 g/mol. The SMILES string of the molecule is CCNCCCN(C)S(=O)(=O)NC(C)c1nncn1C. The van der Waals surface area contributed by atoms with Crippen molar-refractivity contribution in [3.05, 3.63) is 12.2 Å². The fraction of sp³-hybridized carbons (Fsp3) is 0.818. The van der Waals surface area contributed by atoms with E-state index in [1.54, 1.807) is 31.9 Å². The second-order valence-corrected chi connectivity index (χ2v) is 6.48. The van der Waals surface area contributed by atoms with E-state index in [1.807, 2.05) is 6.92 Å². The molecule has 1 aromatic rings. The van der Waals surface area contributed by atoms with Gasteiger partial charge >= 0.3 is 0 Å². The van der Waals surface area contributed by atoms with Crippen molar-refractivity contribution in [2.75, 3.05) is 26.7 Å². The average Bonchev–Trinajstić information content (AvgIpc) is 2.80. The van der Waals surface area contributed by atoms with Gasteiger partial charge in [-0.3, -0.25) is 0 Å². The van der Waals surface area contributed by atoms with Gasteiger partial charge in [0.25, 0.3) is 10.2 Å². The molecule has 0 aliphatic carbocycles. The Morgan fingerprint density at radius 2 is 2.20 bits per heavy atom. The van der Waals surface area contributed by atoms with E-state index in [9.17, 15) is 8.42 Å². The van der Waals surface area contributed by atoms with Gasteiger partial charge in [0.1, 0.15) is 6.33 Å². The summed E-state index contributed by atoms with van der Waals surface area (Å²) in [5, 5.41) is 10.8. The predicted octanol–water partition coefficient (Wildman–Crippen LogP) is -0.358. The molecule has 9 heteroatoms. The zero-order valence-electron chi connectivity index (χ0n) is 12.5. The zero-order chi connectivity index (χ0) is 15.2. The quantitative estimate of drug-likeness (QED) is 0.608. The molecule has 116 valence electrons. The summed E-state index contributed by atoms with van der Waals surface area (Å²) in [5.74, 6) is 0.578. The maximum atomic E-state index is 12.1. The monoisotopic (exact) mass is 304 g/mol. The van der Waals surface area contributed by atoms with E-state index < -0.39 is 16.3 Å². The number of rotatable bonds is 9. The largest absolute Gasteiger partial charge is 0.319 e. The molecule has 1 rings (SSSR count). The molecule has 1 heterocycles. The van der Waals surface area contributed by atoms with Gasteiger partial charge in [-0.25, -0.2) is 0 Å². The maximum Gasteiger partial charge on any atom is 0.279 e. The minimum absolute atomic E-state index is 0.427. The summed E-state index contributed by atoms with van der Waals surface area (Å²) < 4.78 is 29.9. The summed E-state index contributed by atoms with van der Waals surface area (Å²) in [6.07, 6.45) is 2.31. The maximum absolute atomic E-state index is 12.1. The van der Waals surface area contributed by atoms with Gasteiger partial charge in [-0.15, -0.1) is 10.2 Å². The van der Waals surface area contributed by atoms with E-state index in [2.05, 4.69) is 20.2 Å². The van der Waals surface area contributed by atoms with Crippen LogP contribution in [0.15, 0.2) is 6.33 Å². The minimum Gasteiger partial charge on any atom is -0.319 e. The molecule has 0 fully saturated rings. The highest BCUT2D eigenvalue weighted by Crippen LogP contribution is 2.10. The van der Waals surface area contributed by atoms with Gasteiger partial charge in [0.2, 0.25) is 0 Å². The number of hydrogen-bond acceptors (Lipinski definition) is 5. The third-order valence-electron chi connectivity index (χ3n) is 2.95. The number of nitrogens with one attached hydrogen (secondary N) is 2. The van der Waals surface area contributed by atoms with Crippen molar-refractivity contribution >= 4 is 10.2 Å². The van der Waals surface area contributed by atoms with E-state index in [4.69, 9.17) is 0 Å². The Kier molecular flexibility index (Phi) is 6.53. The first-order valence-corrected chi connectivity index (χ1v) is 8.10. The van der Waals surface area contributed by atoms with Crippen LogP contribution in [0.2, 0.25) is 0 Å². The van der Waals surface area contributed by atoms with E-state index in [1.165, 1.54) is 4.31 Å². The molecule has 0 amide bonds. The number of hydrogen-bond donors (Lipinski definition) is 2. The zero-order valence-corrected chi connectivity index (χ0v) is 13.3. The highest BCUT2D eigenvalue weighted by molar-refractivity contribution is 7.87. The molecule has 0 saturated heterocycles. The van der Waals surface area contributed by atoms with Gasteiger partial charge in [0.15, 0.2) is 5.82 Å². The summed E-state index contributed by atoms with van der Waals surface area (Å²) >= 11 is 0. The lowest BCUT2D eigenvalue weighted by molar-refractivity contribution is 0.436. The number of aromatic nitrogens is 3. The molecule has 0 spiro atoms. The van der Waals surface area contributed by atoms with Crippen LogP contribution in [-0.4, -0.2) is 54.2 Å². The van der Waals surface area contributed by atoms with Crippen molar-refractivity contribution in [2.45, 2.75) is 26.3 Å². The molecule has 20 heavy (non-hydrogen) atoms. The molecule has 8 nitrogen and oxygen atoms in total. The molecule has 1 unspecified atom stereocenters. The van der Waals surface area contributed by atoms with E-state index in [0.717, 1.165) is 19.5 Å². The van der Waals surface area contributed by atoms with Crippen LogP contribution in [0.25, 0.3) is 0 Å². The normalized spacial score (nSPS) is 13.8. The van der Waals surface area contributed by atoms with Gasteiger partial charge in [0.05, 0.1) is 6.04 Å². The first kappa shape index (κ1) is 17.0. The third kappa shape index (κ3) is 4.82. The Balaban J connectivity index is 2.54. The van der Waals surface area contributed by atoms with Gasteiger partial charge in [-0.1, -0.05) is 6.92 Å². The summed E-state index contributed by atoms with van der Waals surface area (Å²) in [5.41, 5.74) is 0. The molecule has 0 aromatic carbocycles. The van der Waals surface area contributed by atoms with Gasteiger partial charge in [-0.05, 0) is 26.4 Å². The lowest BCUT2D eigenvalue weighted by Gasteiger charge is -2.20. The second-order valence-electron chi connectivity index (χ2n) is 4.67. The second kappa shape index (κ2) is 7.67. The third-order valence-corrected chi connectivity index (χ3v) is 4.60. The van der Waals surface area contributed by atoms with E-state index in [0.29, 0.717) is 12.4 Å². The standard InChI is InChI=1S/C11H24N6O2S/c1-5-12-7-6-8-17(4)20(18,19)15-10(2)11-14-13-9-16(11)3/h9-10,12,15H,5-8H2,1-4H3. The van der Waals surface area contributed by atoms with Crippen molar-refractivity contribution in [1.29, 1.82) is 0 Å². The minimum atomic E-state index is -3.52. The number of aryl methyl sites for hydroxylation is 1. The van der Waals surface area contributed by atoms with E-state index in [-0.39, 0.29) is 0 Å². The van der Waals surface area contributed by atoms with Crippen LogP contribution in [-0.2, 0) is 17.3 Å². The predicted molar refractivity (Wildman–Crippen MR) is 77.3 cm³/mol. The summed E-state index contributed by atoms with van der Waals surface area (Å²) in [4.78, 5) is 0. The van der Waals surface area contributed by atoms with Gasteiger partial charge in [-0.2, -0.15) is 17.4 Å². The van der Waals surface area contributed by atoms with Crippen LogP contribution in [0.3, 0.4) is 0 Å². The molecule has 1 atom stereocenters. The Bertz CT molecular complexity index is 501. The summed E-state index contributed by atoms with van der Waals surface area (Å²) in [6.45, 7) is 5.92. The Morgan fingerprint density at radius 3 is 2.75 bits per heavy atom. The van der Waals surface area contributed by atoms with Crippen molar-refractivity contribution in [3.8, 4) is 0 Å².